The predicted molar refractivity (Wildman–Crippen MR) is 63.8 cm³/mol. The van der Waals surface area contributed by atoms with E-state index in [1.165, 1.54) is 4.90 Å². The molecule has 0 fully saturated rings. The number of carboxylic acid groups (broad SMARTS) is 1. The first-order valence-corrected chi connectivity index (χ1v) is 5.72. The Morgan fingerprint density at radius 1 is 1.35 bits per heavy atom. The molecule has 2 amide bonds. The van der Waals surface area contributed by atoms with Gasteiger partial charge in [-0.2, -0.15) is 0 Å². The van der Waals surface area contributed by atoms with E-state index in [1.807, 2.05) is 13.8 Å². The molecule has 0 spiro atoms. The smallest absolute Gasteiger partial charge is 0.337 e. The molecule has 6 heteroatoms. The highest BCUT2D eigenvalue weighted by molar-refractivity contribution is 5.79. The molecule has 100 valence electrons. The van der Waals surface area contributed by atoms with Crippen LogP contribution >= 0.6 is 0 Å². The molecule has 0 aromatic rings. The summed E-state index contributed by atoms with van der Waals surface area (Å²) in [6, 6.07) is -0.259. The standard InChI is InChI=1S/C11H22N2O4/c1-5-8(6-2)13(4)10(16)12-7-11(3,17)9(14)15/h8,17H,5-7H2,1-4H3,(H,12,16)(H,14,15). The van der Waals surface area contributed by atoms with Crippen LogP contribution in [0, 0.1) is 0 Å². The van der Waals surface area contributed by atoms with Gasteiger partial charge in [0, 0.05) is 13.1 Å². The third-order valence-corrected chi connectivity index (χ3v) is 2.86. The molecule has 3 N–H and O–H groups in total. The number of carboxylic acids is 1. The molecule has 1 atom stereocenters. The van der Waals surface area contributed by atoms with Crippen molar-refractivity contribution >= 4 is 12.0 Å². The highest BCUT2D eigenvalue weighted by atomic mass is 16.4. The summed E-state index contributed by atoms with van der Waals surface area (Å²) >= 11 is 0. The van der Waals surface area contributed by atoms with Crippen LogP contribution in [0.2, 0.25) is 0 Å². The van der Waals surface area contributed by atoms with Gasteiger partial charge in [0.1, 0.15) is 0 Å². The second-order valence-electron chi connectivity index (χ2n) is 4.32. The number of aliphatic hydroxyl groups is 1. The zero-order valence-corrected chi connectivity index (χ0v) is 10.9. The average Bonchev–Trinajstić information content (AvgIpc) is 2.27. The van der Waals surface area contributed by atoms with Crippen molar-refractivity contribution in [2.45, 2.75) is 45.3 Å². The van der Waals surface area contributed by atoms with Crippen molar-refractivity contribution in [1.82, 2.24) is 10.2 Å². The minimum absolute atomic E-state index is 0.116. The van der Waals surface area contributed by atoms with Gasteiger partial charge in [0.15, 0.2) is 5.60 Å². The lowest BCUT2D eigenvalue weighted by atomic mass is 10.1. The van der Waals surface area contributed by atoms with Gasteiger partial charge in [-0.25, -0.2) is 9.59 Å². The van der Waals surface area contributed by atoms with Gasteiger partial charge in [0.25, 0.3) is 0 Å². The summed E-state index contributed by atoms with van der Waals surface area (Å²) in [6.45, 7) is 4.79. The number of hydrogen-bond acceptors (Lipinski definition) is 3. The molecule has 0 aliphatic heterocycles. The first kappa shape index (κ1) is 15.7. The molecule has 0 aliphatic rings. The SMILES string of the molecule is CCC(CC)N(C)C(=O)NCC(C)(O)C(=O)O. The number of rotatable bonds is 6. The highest BCUT2D eigenvalue weighted by Gasteiger charge is 2.31. The Bertz CT molecular complexity index is 275. The van der Waals surface area contributed by atoms with E-state index < -0.39 is 11.6 Å². The van der Waals surface area contributed by atoms with Gasteiger partial charge in [0.05, 0.1) is 6.54 Å². The maximum Gasteiger partial charge on any atom is 0.337 e. The van der Waals surface area contributed by atoms with Crippen molar-refractivity contribution < 1.29 is 19.8 Å². The Kier molecular flexibility index (Phi) is 5.95. The number of urea groups is 1. The topological polar surface area (TPSA) is 89.9 Å². The summed E-state index contributed by atoms with van der Waals surface area (Å²) in [6.07, 6.45) is 1.66. The third-order valence-electron chi connectivity index (χ3n) is 2.86. The van der Waals surface area contributed by atoms with Crippen LogP contribution in [0.25, 0.3) is 0 Å². The quantitative estimate of drug-likeness (QED) is 0.642. The molecule has 0 heterocycles. The largest absolute Gasteiger partial charge is 0.479 e. The lowest BCUT2D eigenvalue weighted by molar-refractivity contribution is -0.155. The Morgan fingerprint density at radius 2 is 1.82 bits per heavy atom. The number of nitrogens with zero attached hydrogens (tertiary/aromatic N) is 1. The molecule has 0 radical (unpaired) electrons. The summed E-state index contributed by atoms with van der Waals surface area (Å²) in [4.78, 5) is 23.8. The molecular formula is C11H22N2O4. The molecule has 0 bridgehead atoms. The van der Waals surface area contributed by atoms with Crippen LogP contribution in [0.3, 0.4) is 0 Å². The highest BCUT2D eigenvalue weighted by Crippen LogP contribution is 2.07. The van der Waals surface area contributed by atoms with Crippen LogP contribution in [-0.2, 0) is 4.79 Å². The van der Waals surface area contributed by atoms with Gasteiger partial charge in [-0.05, 0) is 19.8 Å². The van der Waals surface area contributed by atoms with Crippen LogP contribution in [0.4, 0.5) is 4.79 Å². The molecule has 0 aromatic heterocycles. The number of carbonyl (C=O) groups excluding carboxylic acids is 1. The van der Waals surface area contributed by atoms with Crippen LogP contribution in [0.1, 0.15) is 33.6 Å². The van der Waals surface area contributed by atoms with E-state index in [9.17, 15) is 14.7 Å². The van der Waals surface area contributed by atoms with Gasteiger partial charge >= 0.3 is 12.0 Å². The number of aliphatic carboxylic acids is 1. The summed E-state index contributed by atoms with van der Waals surface area (Å²) in [5.41, 5.74) is -1.94. The van der Waals surface area contributed by atoms with Crippen LogP contribution < -0.4 is 5.32 Å². The molecule has 17 heavy (non-hydrogen) atoms. The lowest BCUT2D eigenvalue weighted by Gasteiger charge is -2.28. The summed E-state index contributed by atoms with van der Waals surface area (Å²) in [5, 5.41) is 20.5. The minimum Gasteiger partial charge on any atom is -0.479 e. The number of nitrogens with one attached hydrogen (secondary N) is 1. The lowest BCUT2D eigenvalue weighted by Crippen LogP contribution is -2.51. The zero-order valence-electron chi connectivity index (χ0n) is 10.9. The van der Waals surface area contributed by atoms with Crippen molar-refractivity contribution in [3.05, 3.63) is 0 Å². The monoisotopic (exact) mass is 246 g/mol. The van der Waals surface area contributed by atoms with Crippen molar-refractivity contribution in [2.75, 3.05) is 13.6 Å². The van der Waals surface area contributed by atoms with E-state index in [2.05, 4.69) is 5.32 Å². The maximum absolute atomic E-state index is 11.7. The molecule has 0 rings (SSSR count). The molecule has 0 aromatic carbocycles. The van der Waals surface area contributed by atoms with Crippen molar-refractivity contribution in [3.63, 3.8) is 0 Å². The van der Waals surface area contributed by atoms with Crippen LogP contribution in [0.5, 0.6) is 0 Å². The van der Waals surface area contributed by atoms with E-state index >= 15 is 0 Å². The molecular weight excluding hydrogens is 224 g/mol. The second-order valence-corrected chi connectivity index (χ2v) is 4.32. The predicted octanol–water partition coefficient (Wildman–Crippen LogP) is 0.652. The van der Waals surface area contributed by atoms with Crippen LogP contribution in [-0.4, -0.2) is 52.3 Å². The van der Waals surface area contributed by atoms with Crippen LogP contribution in [0.15, 0.2) is 0 Å². The fraction of sp³-hybridized carbons (Fsp3) is 0.818. The van der Waals surface area contributed by atoms with E-state index in [4.69, 9.17) is 5.11 Å². The molecule has 1 unspecified atom stereocenters. The van der Waals surface area contributed by atoms with Gasteiger partial charge in [-0.1, -0.05) is 13.8 Å². The number of carbonyl (C=O) groups is 2. The van der Waals surface area contributed by atoms with E-state index in [0.29, 0.717) is 0 Å². The van der Waals surface area contributed by atoms with Crippen molar-refractivity contribution in [3.8, 4) is 0 Å². The van der Waals surface area contributed by atoms with Gasteiger partial charge in [-0.15, -0.1) is 0 Å². The fourth-order valence-electron chi connectivity index (χ4n) is 1.45. The zero-order chi connectivity index (χ0) is 13.6. The third kappa shape index (κ3) is 4.60. The Hall–Kier alpha value is -1.30. The van der Waals surface area contributed by atoms with Crippen molar-refractivity contribution in [1.29, 1.82) is 0 Å². The van der Waals surface area contributed by atoms with Gasteiger partial charge < -0.3 is 20.4 Å². The number of hydrogen-bond donors (Lipinski definition) is 3. The first-order chi connectivity index (χ1) is 7.76. The normalized spacial score (nSPS) is 14.2. The Balaban J connectivity index is 4.32. The maximum atomic E-state index is 11.7. The Labute approximate surface area is 102 Å². The van der Waals surface area contributed by atoms with E-state index in [0.717, 1.165) is 19.8 Å². The summed E-state index contributed by atoms with van der Waals surface area (Å²) in [5.74, 6) is -1.36. The van der Waals surface area contributed by atoms with E-state index in [1.54, 1.807) is 7.05 Å². The number of amides is 2. The van der Waals surface area contributed by atoms with Gasteiger partial charge in [0.2, 0.25) is 0 Å². The van der Waals surface area contributed by atoms with E-state index in [-0.39, 0.29) is 18.6 Å². The Morgan fingerprint density at radius 3 is 2.18 bits per heavy atom. The first-order valence-electron chi connectivity index (χ1n) is 5.72. The summed E-state index contributed by atoms with van der Waals surface area (Å²) in [7, 11) is 1.66. The van der Waals surface area contributed by atoms with Gasteiger partial charge in [-0.3, -0.25) is 0 Å². The molecule has 0 saturated heterocycles. The van der Waals surface area contributed by atoms with Crippen molar-refractivity contribution in [2.24, 2.45) is 0 Å². The second kappa shape index (κ2) is 6.44. The molecule has 0 saturated carbocycles. The summed E-state index contributed by atoms with van der Waals surface area (Å²) < 4.78 is 0. The fourth-order valence-corrected chi connectivity index (χ4v) is 1.45. The average molecular weight is 246 g/mol. The molecule has 6 nitrogen and oxygen atoms in total. The molecule has 0 aliphatic carbocycles. The minimum atomic E-state index is -1.94.